The molecule has 3 aromatic carbocycles. The first kappa shape index (κ1) is 30.7. The third-order valence-corrected chi connectivity index (χ3v) is 7.61. The molecule has 3 rings (SSSR count). The van der Waals surface area contributed by atoms with E-state index in [-0.39, 0.29) is 12.5 Å². The van der Waals surface area contributed by atoms with Crippen LogP contribution in [0.25, 0.3) is 0 Å². The highest BCUT2D eigenvalue weighted by atomic mass is 32.2. The summed E-state index contributed by atoms with van der Waals surface area (Å²) in [6, 6.07) is 22.7. The summed E-state index contributed by atoms with van der Waals surface area (Å²) in [5, 5.41) is 2.93. The maximum atomic E-state index is 13.8. The molecule has 1 atom stereocenters. The number of carbonyl (C=O) groups excluding carboxylic acids is 2. The van der Waals surface area contributed by atoms with Crippen LogP contribution in [-0.2, 0) is 26.2 Å². The van der Waals surface area contributed by atoms with Crippen LogP contribution in [0, 0.1) is 6.92 Å². The smallest absolute Gasteiger partial charge is 0.244 e. The first-order valence-corrected chi connectivity index (χ1v) is 15.4. The Kier molecular flexibility index (Phi) is 11.1. The molecule has 40 heavy (non-hydrogen) atoms. The van der Waals surface area contributed by atoms with Gasteiger partial charge in [0.05, 0.1) is 11.9 Å². The van der Waals surface area contributed by atoms with Crippen LogP contribution in [0.4, 0.5) is 5.69 Å². The average Bonchev–Trinajstić information content (AvgIpc) is 2.93. The number of carbonyl (C=O) groups is 2. The average molecular weight is 566 g/mol. The zero-order valence-corrected chi connectivity index (χ0v) is 24.5. The maximum Gasteiger partial charge on any atom is 0.244 e. The van der Waals surface area contributed by atoms with Crippen LogP contribution in [0.15, 0.2) is 78.9 Å². The normalized spacial score (nSPS) is 11.9. The number of nitrogens with zero attached hydrogens (tertiary/aromatic N) is 2. The van der Waals surface area contributed by atoms with Crippen LogP contribution in [0.5, 0.6) is 11.5 Å². The molecule has 0 spiro atoms. The Hall–Kier alpha value is -3.85. The first-order valence-electron chi connectivity index (χ1n) is 13.6. The van der Waals surface area contributed by atoms with Crippen molar-refractivity contribution >= 4 is 27.5 Å². The zero-order valence-electron chi connectivity index (χ0n) is 23.7. The number of hydrogen-bond donors (Lipinski definition) is 1. The maximum absolute atomic E-state index is 13.8. The summed E-state index contributed by atoms with van der Waals surface area (Å²) in [4.78, 5) is 28.4. The van der Waals surface area contributed by atoms with Crippen molar-refractivity contribution in [3.05, 3.63) is 90.0 Å². The topological polar surface area (TPSA) is 96.0 Å². The van der Waals surface area contributed by atoms with Crippen molar-refractivity contribution in [3.63, 3.8) is 0 Å². The van der Waals surface area contributed by atoms with Gasteiger partial charge in [0.25, 0.3) is 0 Å². The van der Waals surface area contributed by atoms with Crippen molar-refractivity contribution in [1.82, 2.24) is 10.2 Å². The molecule has 0 aliphatic heterocycles. The summed E-state index contributed by atoms with van der Waals surface area (Å²) in [6.45, 7) is 6.12. The van der Waals surface area contributed by atoms with Gasteiger partial charge in [0.2, 0.25) is 21.8 Å². The number of unbranched alkanes of at least 4 members (excludes halogenated alkanes) is 1. The fourth-order valence-corrected chi connectivity index (χ4v) is 5.08. The highest BCUT2D eigenvalue weighted by Crippen LogP contribution is 2.26. The quantitative estimate of drug-likeness (QED) is 0.269. The van der Waals surface area contributed by atoms with E-state index in [0.29, 0.717) is 30.2 Å². The fourth-order valence-electron chi connectivity index (χ4n) is 4.23. The van der Waals surface area contributed by atoms with E-state index in [0.717, 1.165) is 34.5 Å². The van der Waals surface area contributed by atoms with Crippen LogP contribution in [-0.4, -0.2) is 50.5 Å². The molecule has 2 amide bonds. The number of hydrogen-bond acceptors (Lipinski definition) is 5. The minimum atomic E-state index is -3.82. The Labute approximate surface area is 238 Å². The number of sulfonamides is 1. The fraction of sp³-hybridized carbons (Fsp3) is 0.355. The molecule has 0 aliphatic rings. The van der Waals surface area contributed by atoms with E-state index < -0.39 is 28.5 Å². The Morgan fingerprint density at radius 2 is 1.52 bits per heavy atom. The number of anilines is 1. The molecule has 0 unspecified atom stereocenters. The van der Waals surface area contributed by atoms with E-state index in [1.165, 1.54) is 4.90 Å². The molecule has 0 saturated carbocycles. The van der Waals surface area contributed by atoms with Crippen molar-refractivity contribution in [2.45, 2.75) is 52.6 Å². The van der Waals surface area contributed by atoms with E-state index >= 15 is 0 Å². The van der Waals surface area contributed by atoms with Gasteiger partial charge in [-0.3, -0.25) is 13.9 Å². The largest absolute Gasteiger partial charge is 0.457 e. The van der Waals surface area contributed by atoms with Crippen LogP contribution < -0.4 is 14.4 Å². The van der Waals surface area contributed by atoms with Gasteiger partial charge in [-0.2, -0.15) is 0 Å². The van der Waals surface area contributed by atoms with Crippen molar-refractivity contribution in [1.29, 1.82) is 0 Å². The van der Waals surface area contributed by atoms with Crippen molar-refractivity contribution in [2.75, 3.05) is 23.7 Å². The van der Waals surface area contributed by atoms with Crippen LogP contribution in [0.2, 0.25) is 0 Å². The molecule has 1 N–H and O–H groups in total. The van der Waals surface area contributed by atoms with E-state index in [1.54, 1.807) is 24.3 Å². The minimum Gasteiger partial charge on any atom is -0.457 e. The molecule has 0 radical (unpaired) electrons. The van der Waals surface area contributed by atoms with Crippen molar-refractivity contribution < 1.29 is 22.7 Å². The summed E-state index contributed by atoms with van der Waals surface area (Å²) in [6.07, 6.45) is 3.22. The summed E-state index contributed by atoms with van der Waals surface area (Å²) in [7, 11) is -3.82. The summed E-state index contributed by atoms with van der Waals surface area (Å²) in [5.74, 6) is 0.475. The standard InChI is InChI=1S/C31H39N3O5S/c1-5-7-21-32-31(36)29(6-2)33(22-25-15-13-24(3)14-16-25)30(35)23-34(40(4,37)38)26-17-19-28(20-18-26)39-27-11-9-8-10-12-27/h8-20,29H,5-7,21-23H2,1-4H3,(H,32,36)/t29-/m0/s1. The molecule has 3 aromatic rings. The number of para-hydroxylation sites is 1. The predicted octanol–water partition coefficient (Wildman–Crippen LogP) is 5.28. The molecule has 0 bridgehead atoms. The molecular weight excluding hydrogens is 526 g/mol. The summed E-state index contributed by atoms with van der Waals surface area (Å²) >= 11 is 0. The van der Waals surface area contributed by atoms with Gasteiger partial charge >= 0.3 is 0 Å². The van der Waals surface area contributed by atoms with Gasteiger partial charge in [0.15, 0.2) is 0 Å². The van der Waals surface area contributed by atoms with Gasteiger partial charge in [-0.15, -0.1) is 0 Å². The number of amides is 2. The molecule has 9 heteroatoms. The Morgan fingerprint density at radius 3 is 2.10 bits per heavy atom. The third-order valence-electron chi connectivity index (χ3n) is 6.47. The van der Waals surface area contributed by atoms with Gasteiger partial charge in [0, 0.05) is 13.1 Å². The van der Waals surface area contributed by atoms with Gasteiger partial charge in [0.1, 0.15) is 24.1 Å². The highest BCUT2D eigenvalue weighted by molar-refractivity contribution is 7.92. The van der Waals surface area contributed by atoms with Crippen molar-refractivity contribution in [3.8, 4) is 11.5 Å². The monoisotopic (exact) mass is 565 g/mol. The Balaban J connectivity index is 1.87. The number of rotatable bonds is 14. The second-order valence-electron chi connectivity index (χ2n) is 9.75. The number of ether oxygens (including phenoxy) is 1. The van der Waals surface area contributed by atoms with Crippen LogP contribution in [0.1, 0.15) is 44.2 Å². The van der Waals surface area contributed by atoms with Crippen LogP contribution in [0.3, 0.4) is 0 Å². The lowest BCUT2D eigenvalue weighted by Crippen LogP contribution is -2.52. The Morgan fingerprint density at radius 1 is 0.900 bits per heavy atom. The number of nitrogens with one attached hydrogen (secondary N) is 1. The predicted molar refractivity (Wildman–Crippen MR) is 159 cm³/mol. The second-order valence-corrected chi connectivity index (χ2v) is 11.7. The van der Waals surface area contributed by atoms with Crippen molar-refractivity contribution in [2.24, 2.45) is 0 Å². The van der Waals surface area contributed by atoms with E-state index in [1.807, 2.05) is 75.4 Å². The number of aryl methyl sites for hydroxylation is 1. The molecule has 214 valence electrons. The summed E-state index contributed by atoms with van der Waals surface area (Å²) < 4.78 is 32.6. The SMILES string of the molecule is CCCCNC(=O)[C@H](CC)N(Cc1ccc(C)cc1)C(=O)CN(c1ccc(Oc2ccccc2)cc1)S(C)(=O)=O. The molecule has 0 aliphatic carbocycles. The molecular formula is C31H39N3O5S. The molecule has 0 saturated heterocycles. The molecule has 0 fully saturated rings. The lowest BCUT2D eigenvalue weighted by molar-refractivity contribution is -0.140. The first-order chi connectivity index (χ1) is 19.1. The van der Waals surface area contributed by atoms with E-state index in [4.69, 9.17) is 4.74 Å². The van der Waals surface area contributed by atoms with Gasteiger partial charge < -0.3 is 15.0 Å². The van der Waals surface area contributed by atoms with Gasteiger partial charge in [-0.1, -0.05) is 68.3 Å². The Bertz CT molecular complexity index is 1340. The molecule has 8 nitrogen and oxygen atoms in total. The van der Waals surface area contributed by atoms with Gasteiger partial charge in [-0.25, -0.2) is 8.42 Å². The zero-order chi connectivity index (χ0) is 29.1. The molecule has 0 aromatic heterocycles. The lowest BCUT2D eigenvalue weighted by Gasteiger charge is -2.33. The van der Waals surface area contributed by atoms with E-state index in [9.17, 15) is 18.0 Å². The second kappa shape index (κ2) is 14.5. The third kappa shape index (κ3) is 8.84. The summed E-state index contributed by atoms with van der Waals surface area (Å²) in [5.41, 5.74) is 2.26. The van der Waals surface area contributed by atoms with Gasteiger partial charge in [-0.05, 0) is 61.7 Å². The minimum absolute atomic E-state index is 0.181. The number of benzene rings is 3. The lowest BCUT2D eigenvalue weighted by atomic mass is 10.1. The van der Waals surface area contributed by atoms with Crippen LogP contribution >= 0.6 is 0 Å². The van der Waals surface area contributed by atoms with E-state index in [2.05, 4.69) is 5.32 Å². The highest BCUT2D eigenvalue weighted by Gasteiger charge is 2.31. The molecule has 0 heterocycles.